The molecule has 0 radical (unpaired) electrons. The molecular formula is C18H29N3O3S. The van der Waals surface area contributed by atoms with Gasteiger partial charge in [-0.3, -0.25) is 0 Å². The van der Waals surface area contributed by atoms with E-state index in [1.807, 2.05) is 0 Å². The third-order valence-corrected chi connectivity index (χ3v) is 5.88. The summed E-state index contributed by atoms with van der Waals surface area (Å²) in [5.41, 5.74) is 0.823. The average molecular weight is 368 g/mol. The van der Waals surface area contributed by atoms with Gasteiger partial charge in [0.05, 0.1) is 4.90 Å². The Morgan fingerprint density at radius 3 is 2.36 bits per heavy atom. The molecule has 4 N–H and O–H groups in total. The van der Waals surface area contributed by atoms with Crippen LogP contribution < -0.4 is 15.8 Å². The van der Waals surface area contributed by atoms with Crippen molar-refractivity contribution in [3.8, 4) is 0 Å². The first-order valence-electron chi connectivity index (χ1n) is 9.03. The first-order valence-corrected chi connectivity index (χ1v) is 10.6. The van der Waals surface area contributed by atoms with E-state index in [4.69, 9.17) is 5.14 Å². The van der Waals surface area contributed by atoms with Gasteiger partial charge in [0.25, 0.3) is 0 Å². The molecule has 0 aromatic heterocycles. The van der Waals surface area contributed by atoms with Crippen molar-refractivity contribution in [2.24, 2.45) is 17.0 Å². The zero-order chi connectivity index (χ0) is 18.3. The smallest absolute Gasteiger partial charge is 0.315 e. The summed E-state index contributed by atoms with van der Waals surface area (Å²) < 4.78 is 22.4. The number of nitrogens with two attached hydrogens (primary N) is 1. The molecule has 0 spiro atoms. The van der Waals surface area contributed by atoms with Crippen molar-refractivity contribution in [3.63, 3.8) is 0 Å². The molecule has 2 unspecified atom stereocenters. The number of carbonyl (C=O) groups excluding carboxylic acids is 1. The van der Waals surface area contributed by atoms with Gasteiger partial charge < -0.3 is 10.6 Å². The summed E-state index contributed by atoms with van der Waals surface area (Å²) in [5, 5.41) is 10.9. The number of nitrogens with one attached hydrogen (secondary N) is 2. The summed E-state index contributed by atoms with van der Waals surface area (Å²) in [6.45, 7) is 3.29. The second-order valence-corrected chi connectivity index (χ2v) is 8.41. The fourth-order valence-electron chi connectivity index (χ4n) is 3.57. The van der Waals surface area contributed by atoms with E-state index in [-0.39, 0.29) is 10.9 Å². The number of primary sulfonamides is 1. The van der Waals surface area contributed by atoms with E-state index in [0.717, 1.165) is 18.0 Å². The van der Waals surface area contributed by atoms with E-state index >= 15 is 0 Å². The normalized spacial score (nSPS) is 20.9. The number of benzene rings is 1. The molecule has 1 aromatic carbocycles. The monoisotopic (exact) mass is 367 g/mol. The summed E-state index contributed by atoms with van der Waals surface area (Å²) in [7, 11) is -3.68. The second-order valence-electron chi connectivity index (χ2n) is 6.85. The number of rotatable bonds is 7. The maximum Gasteiger partial charge on any atom is 0.315 e. The predicted octanol–water partition coefficient (Wildman–Crippen LogP) is 2.74. The largest absolute Gasteiger partial charge is 0.338 e. The van der Waals surface area contributed by atoms with Crippen molar-refractivity contribution >= 4 is 16.1 Å². The Balaban J connectivity index is 1.76. The quantitative estimate of drug-likeness (QED) is 0.690. The number of sulfonamides is 1. The highest BCUT2D eigenvalue weighted by Crippen LogP contribution is 2.32. The van der Waals surface area contributed by atoms with Crippen LogP contribution in [0.4, 0.5) is 4.79 Å². The summed E-state index contributed by atoms with van der Waals surface area (Å²) in [6, 6.07) is 6.01. The van der Waals surface area contributed by atoms with E-state index < -0.39 is 10.0 Å². The Labute approximate surface area is 150 Å². The zero-order valence-corrected chi connectivity index (χ0v) is 15.6. The lowest BCUT2D eigenvalue weighted by Gasteiger charge is -2.31. The molecule has 2 atom stereocenters. The number of hydrogen-bond donors (Lipinski definition) is 3. The van der Waals surface area contributed by atoms with Crippen molar-refractivity contribution in [3.05, 3.63) is 29.8 Å². The van der Waals surface area contributed by atoms with Crippen molar-refractivity contribution in [2.75, 3.05) is 6.54 Å². The Bertz CT molecular complexity index is 657. The van der Waals surface area contributed by atoms with Gasteiger partial charge in [-0.15, -0.1) is 0 Å². The summed E-state index contributed by atoms with van der Waals surface area (Å²) >= 11 is 0. The van der Waals surface area contributed by atoms with Crippen LogP contribution in [0.15, 0.2) is 29.2 Å². The average Bonchev–Trinajstić information content (AvgIpc) is 2.59. The van der Waals surface area contributed by atoms with Gasteiger partial charge in [-0.2, -0.15) is 0 Å². The van der Waals surface area contributed by atoms with E-state index in [2.05, 4.69) is 17.6 Å². The molecular weight excluding hydrogens is 338 g/mol. The molecule has 25 heavy (non-hydrogen) atoms. The highest BCUT2D eigenvalue weighted by molar-refractivity contribution is 7.89. The second kappa shape index (κ2) is 9.20. The molecule has 0 saturated heterocycles. The third kappa shape index (κ3) is 6.32. The first kappa shape index (κ1) is 19.7. The van der Waals surface area contributed by atoms with Crippen LogP contribution in [0.5, 0.6) is 0 Å². The zero-order valence-electron chi connectivity index (χ0n) is 14.8. The van der Waals surface area contributed by atoms with Crippen LogP contribution in [0.2, 0.25) is 0 Å². The van der Waals surface area contributed by atoms with E-state index in [1.165, 1.54) is 50.7 Å². The van der Waals surface area contributed by atoms with Gasteiger partial charge in [0.1, 0.15) is 0 Å². The molecule has 0 bridgehead atoms. The highest BCUT2D eigenvalue weighted by Gasteiger charge is 2.24. The van der Waals surface area contributed by atoms with Crippen LogP contribution in [-0.4, -0.2) is 21.0 Å². The lowest BCUT2D eigenvalue weighted by atomic mass is 9.77. The maximum absolute atomic E-state index is 12.0. The minimum atomic E-state index is -3.68. The maximum atomic E-state index is 12.0. The molecule has 2 rings (SSSR count). The third-order valence-electron chi connectivity index (χ3n) is 4.96. The van der Waals surface area contributed by atoms with Gasteiger partial charge in [0.15, 0.2) is 0 Å². The molecule has 2 amide bonds. The highest BCUT2D eigenvalue weighted by atomic mass is 32.2. The van der Waals surface area contributed by atoms with Crippen molar-refractivity contribution < 1.29 is 13.2 Å². The fraction of sp³-hybridized carbons (Fsp3) is 0.611. The van der Waals surface area contributed by atoms with Crippen LogP contribution in [0, 0.1) is 11.8 Å². The van der Waals surface area contributed by atoms with Crippen LogP contribution in [0.25, 0.3) is 0 Å². The van der Waals surface area contributed by atoms with E-state index in [0.29, 0.717) is 12.5 Å². The first-order chi connectivity index (χ1) is 11.9. The van der Waals surface area contributed by atoms with Crippen LogP contribution >= 0.6 is 0 Å². The number of amides is 2. The van der Waals surface area contributed by atoms with Crippen molar-refractivity contribution in [1.82, 2.24) is 10.6 Å². The molecule has 6 nitrogen and oxygen atoms in total. The molecule has 0 heterocycles. The Kier molecular flexibility index (Phi) is 7.25. The van der Waals surface area contributed by atoms with Gasteiger partial charge >= 0.3 is 6.03 Å². The van der Waals surface area contributed by atoms with E-state index in [1.54, 1.807) is 12.1 Å². The van der Waals surface area contributed by atoms with Crippen LogP contribution in [-0.2, 0) is 16.6 Å². The summed E-state index contributed by atoms with van der Waals surface area (Å²) in [6.07, 6.45) is 7.47. The minimum Gasteiger partial charge on any atom is -0.338 e. The van der Waals surface area contributed by atoms with Gasteiger partial charge in [0.2, 0.25) is 10.0 Å². The van der Waals surface area contributed by atoms with Crippen LogP contribution in [0.1, 0.15) is 51.0 Å². The SMILES string of the molecule is CCCC1CCCCC1CNC(=O)NCc1ccc(S(N)(=O)=O)cc1. The number of carbonyl (C=O) groups is 1. The Hall–Kier alpha value is -1.60. The van der Waals surface area contributed by atoms with Gasteiger partial charge in [-0.05, 0) is 36.0 Å². The Morgan fingerprint density at radius 2 is 1.76 bits per heavy atom. The molecule has 1 saturated carbocycles. The lowest BCUT2D eigenvalue weighted by molar-refractivity contribution is 0.207. The van der Waals surface area contributed by atoms with Crippen LogP contribution in [0.3, 0.4) is 0 Å². The molecule has 140 valence electrons. The molecule has 0 aliphatic heterocycles. The Morgan fingerprint density at radius 1 is 1.12 bits per heavy atom. The molecule has 1 aliphatic rings. The topological polar surface area (TPSA) is 101 Å². The summed E-state index contributed by atoms with van der Waals surface area (Å²) in [5.74, 6) is 1.30. The van der Waals surface area contributed by atoms with Gasteiger partial charge in [-0.25, -0.2) is 18.4 Å². The fourth-order valence-corrected chi connectivity index (χ4v) is 4.09. The van der Waals surface area contributed by atoms with Gasteiger partial charge in [0, 0.05) is 13.1 Å². The molecule has 1 aromatic rings. The number of hydrogen-bond acceptors (Lipinski definition) is 3. The van der Waals surface area contributed by atoms with Crippen molar-refractivity contribution in [2.45, 2.75) is 56.9 Å². The van der Waals surface area contributed by atoms with E-state index in [9.17, 15) is 13.2 Å². The standard InChI is InChI=1S/C18H29N3O3S/c1-2-5-15-6-3-4-7-16(15)13-21-18(22)20-12-14-8-10-17(11-9-14)25(19,23)24/h8-11,15-16H,2-7,12-13H2,1H3,(H2,19,23,24)(H2,20,21,22). The predicted molar refractivity (Wildman–Crippen MR) is 98.4 cm³/mol. The minimum absolute atomic E-state index is 0.0694. The molecule has 7 heteroatoms. The summed E-state index contributed by atoms with van der Waals surface area (Å²) in [4.78, 5) is 12.1. The molecule has 1 fully saturated rings. The number of urea groups is 1. The lowest BCUT2D eigenvalue weighted by Crippen LogP contribution is -2.40. The van der Waals surface area contributed by atoms with Gasteiger partial charge in [-0.1, -0.05) is 51.2 Å². The van der Waals surface area contributed by atoms with Crippen molar-refractivity contribution in [1.29, 1.82) is 0 Å². The molecule has 1 aliphatic carbocycles.